The third kappa shape index (κ3) is 1.48. The summed E-state index contributed by atoms with van der Waals surface area (Å²) in [5.74, 6) is 0. The summed E-state index contributed by atoms with van der Waals surface area (Å²) in [6.07, 6.45) is 0. The van der Waals surface area contributed by atoms with Crippen LogP contribution >= 0.6 is 0 Å². The van der Waals surface area contributed by atoms with Crippen molar-refractivity contribution in [3.63, 3.8) is 0 Å². The van der Waals surface area contributed by atoms with E-state index in [0.717, 1.165) is 0 Å². The summed E-state index contributed by atoms with van der Waals surface area (Å²) >= 11 is 0. The average Bonchev–Trinajstić information content (AvgIpc) is 2.64. The lowest BCUT2D eigenvalue weighted by Gasteiger charge is -2.16. The zero-order valence-electron chi connectivity index (χ0n) is 12.9. The van der Waals surface area contributed by atoms with E-state index < -0.39 is 0 Å². The molecule has 0 unspecified atom stereocenters. The number of hydrogen-bond acceptors (Lipinski definition) is 0. The Morgan fingerprint density at radius 1 is 0.389 bits per heavy atom. The van der Waals surface area contributed by atoms with Crippen LogP contribution in [0.5, 0.6) is 0 Å². The van der Waals surface area contributed by atoms with Gasteiger partial charge in [-0.1, -0.05) is 0 Å². The maximum absolute atomic E-state index is 2.36. The van der Waals surface area contributed by atoms with Crippen LogP contribution in [0.15, 0.2) is 0 Å². The molecule has 2 rings (SSSR count). The van der Waals surface area contributed by atoms with Gasteiger partial charge in [0.15, 0.2) is 0 Å². The monoisotopic (exact) mass is 244 g/mol. The van der Waals surface area contributed by atoms with E-state index in [0.29, 0.717) is 0 Å². The van der Waals surface area contributed by atoms with Crippen LogP contribution in [0.25, 0.3) is 0 Å². The molecule has 0 aromatic carbocycles. The zero-order chi connectivity index (χ0) is 13.8. The Morgan fingerprint density at radius 2 is 0.556 bits per heavy atom. The van der Waals surface area contributed by atoms with Crippen LogP contribution in [0.3, 0.4) is 0 Å². The lowest BCUT2D eigenvalue weighted by Crippen LogP contribution is -2.16. The normalized spacial score (nSPS) is 11.3. The molecule has 0 aliphatic rings. The minimum Gasteiger partial charge on any atom is -0.258 e. The molecule has 2 heteroatoms. The smallest absolute Gasteiger partial charge is 0.0408 e. The molecule has 0 bridgehead atoms. The molecule has 0 radical (unpaired) electrons. The van der Waals surface area contributed by atoms with Crippen molar-refractivity contribution in [3.8, 4) is 0 Å². The summed E-state index contributed by atoms with van der Waals surface area (Å²) in [4.78, 5) is 0. The maximum Gasteiger partial charge on any atom is 0.0408 e. The summed E-state index contributed by atoms with van der Waals surface area (Å²) < 4.78 is 4.71. The highest BCUT2D eigenvalue weighted by Crippen LogP contribution is 2.26. The third-order valence-corrected chi connectivity index (χ3v) is 4.77. The van der Waals surface area contributed by atoms with Crippen LogP contribution in [0.2, 0.25) is 0 Å². The van der Waals surface area contributed by atoms with Gasteiger partial charge in [-0.3, -0.25) is 9.35 Å². The summed E-state index contributed by atoms with van der Waals surface area (Å²) in [5, 5.41) is 0. The van der Waals surface area contributed by atoms with Crippen molar-refractivity contribution in [3.05, 3.63) is 45.0 Å². The first-order chi connectivity index (χ1) is 8.29. The van der Waals surface area contributed by atoms with Crippen LogP contribution in [0.1, 0.15) is 45.0 Å². The predicted molar refractivity (Wildman–Crippen MR) is 77.6 cm³/mol. The molecule has 0 fully saturated rings. The number of rotatable bonds is 1. The number of nitrogens with zero attached hydrogens (tertiary/aromatic N) is 2. The quantitative estimate of drug-likeness (QED) is 0.715. The van der Waals surface area contributed by atoms with E-state index in [-0.39, 0.29) is 0 Å². The van der Waals surface area contributed by atoms with Gasteiger partial charge in [-0.25, -0.2) is 0 Å². The second-order valence-corrected chi connectivity index (χ2v) is 5.47. The Kier molecular flexibility index (Phi) is 2.92. The van der Waals surface area contributed by atoms with E-state index in [2.05, 4.69) is 64.7 Å². The lowest BCUT2D eigenvalue weighted by atomic mass is 10.2. The van der Waals surface area contributed by atoms with Crippen molar-refractivity contribution in [2.75, 3.05) is 0 Å². The number of hydrogen-bond donors (Lipinski definition) is 0. The van der Waals surface area contributed by atoms with Gasteiger partial charge in [0, 0.05) is 22.8 Å². The molecule has 0 saturated heterocycles. The summed E-state index contributed by atoms with van der Waals surface area (Å²) in [6.45, 7) is 17.7. The van der Waals surface area contributed by atoms with E-state index >= 15 is 0 Å². The molecule has 98 valence electrons. The molecule has 0 N–H and O–H groups in total. The van der Waals surface area contributed by atoms with Crippen molar-refractivity contribution >= 4 is 0 Å². The second-order valence-electron chi connectivity index (χ2n) is 5.47. The van der Waals surface area contributed by atoms with Crippen molar-refractivity contribution < 1.29 is 0 Å². The first-order valence-electron chi connectivity index (χ1n) is 6.59. The van der Waals surface area contributed by atoms with E-state index in [1.54, 1.807) is 0 Å². The van der Waals surface area contributed by atoms with Gasteiger partial charge < -0.3 is 0 Å². The molecule has 2 aromatic rings. The SMILES string of the molecule is Cc1c(C)c(C)n(-n2c(C)c(C)c(C)c2C)c1C. The molecule has 2 aromatic heterocycles. The Hall–Kier alpha value is -1.44. The molecular weight excluding hydrogens is 220 g/mol. The third-order valence-electron chi connectivity index (χ3n) is 4.77. The molecule has 18 heavy (non-hydrogen) atoms. The molecular formula is C16H24N2. The molecule has 0 saturated carbocycles. The van der Waals surface area contributed by atoms with Gasteiger partial charge in [0.2, 0.25) is 0 Å². The minimum absolute atomic E-state index is 1.34. The topological polar surface area (TPSA) is 9.86 Å². The molecule has 0 aliphatic heterocycles. The van der Waals surface area contributed by atoms with Gasteiger partial charge in [-0.15, -0.1) is 0 Å². The van der Waals surface area contributed by atoms with Gasteiger partial charge in [0.05, 0.1) is 0 Å². The van der Waals surface area contributed by atoms with E-state index in [1.165, 1.54) is 45.0 Å². The summed E-state index contributed by atoms with van der Waals surface area (Å²) in [7, 11) is 0. The van der Waals surface area contributed by atoms with Crippen molar-refractivity contribution in [1.82, 2.24) is 9.35 Å². The highest BCUT2D eigenvalue weighted by atomic mass is 15.5. The highest BCUT2D eigenvalue weighted by Gasteiger charge is 2.18. The second kappa shape index (κ2) is 4.04. The van der Waals surface area contributed by atoms with Crippen molar-refractivity contribution in [2.24, 2.45) is 0 Å². The minimum atomic E-state index is 1.34. The fraction of sp³-hybridized carbons (Fsp3) is 0.500. The Bertz CT molecular complexity index is 517. The molecule has 0 amide bonds. The Balaban J connectivity index is 2.86. The van der Waals surface area contributed by atoms with Crippen LogP contribution < -0.4 is 0 Å². The van der Waals surface area contributed by atoms with Crippen LogP contribution in [-0.2, 0) is 0 Å². The van der Waals surface area contributed by atoms with Crippen LogP contribution in [0.4, 0.5) is 0 Å². The maximum atomic E-state index is 2.36. The van der Waals surface area contributed by atoms with Crippen molar-refractivity contribution in [2.45, 2.75) is 55.4 Å². The molecule has 0 spiro atoms. The summed E-state index contributed by atoms with van der Waals surface area (Å²) in [6, 6.07) is 0. The van der Waals surface area contributed by atoms with E-state index in [9.17, 15) is 0 Å². The predicted octanol–water partition coefficient (Wildman–Crippen LogP) is 4.07. The van der Waals surface area contributed by atoms with Gasteiger partial charge in [-0.2, -0.15) is 0 Å². The van der Waals surface area contributed by atoms with Gasteiger partial charge in [0.1, 0.15) is 0 Å². The fourth-order valence-electron chi connectivity index (χ4n) is 2.82. The van der Waals surface area contributed by atoms with Crippen LogP contribution in [-0.4, -0.2) is 9.35 Å². The fourth-order valence-corrected chi connectivity index (χ4v) is 2.82. The van der Waals surface area contributed by atoms with Gasteiger partial charge in [0.25, 0.3) is 0 Å². The van der Waals surface area contributed by atoms with Crippen LogP contribution in [0, 0.1) is 55.4 Å². The molecule has 2 heterocycles. The first kappa shape index (κ1) is 13.0. The number of aromatic nitrogens is 2. The lowest BCUT2D eigenvalue weighted by molar-refractivity contribution is 0.591. The van der Waals surface area contributed by atoms with Gasteiger partial charge >= 0.3 is 0 Å². The Morgan fingerprint density at radius 3 is 0.722 bits per heavy atom. The molecule has 0 aliphatic carbocycles. The Labute approximate surface area is 110 Å². The molecule has 0 atom stereocenters. The average molecular weight is 244 g/mol. The highest BCUT2D eigenvalue weighted by molar-refractivity contribution is 5.40. The largest absolute Gasteiger partial charge is 0.258 e. The zero-order valence-corrected chi connectivity index (χ0v) is 12.9. The van der Waals surface area contributed by atoms with E-state index in [1.807, 2.05) is 0 Å². The van der Waals surface area contributed by atoms with Gasteiger partial charge in [-0.05, 0) is 77.6 Å². The van der Waals surface area contributed by atoms with E-state index in [4.69, 9.17) is 0 Å². The first-order valence-corrected chi connectivity index (χ1v) is 6.59. The molecule has 2 nitrogen and oxygen atoms in total. The standard InChI is InChI=1S/C16H24N2/c1-9-10(2)14(6)17(13(9)5)18-15(7)11(3)12(4)16(18)8/h1-8H3. The van der Waals surface area contributed by atoms with Crippen molar-refractivity contribution in [1.29, 1.82) is 0 Å². The summed E-state index contributed by atoms with van der Waals surface area (Å²) in [5.41, 5.74) is 11.0.